The summed E-state index contributed by atoms with van der Waals surface area (Å²) < 4.78 is 10.7. The van der Waals surface area contributed by atoms with Crippen LogP contribution in [0, 0.1) is 35.5 Å². The quantitative estimate of drug-likeness (QED) is 0.520. The van der Waals surface area contributed by atoms with Crippen molar-refractivity contribution in [1.29, 1.82) is 0 Å². The molecular weight excluding hydrogens is 306 g/mol. The number of carbonyl (C=O) groups excluding carboxylic acids is 2. The minimum atomic E-state index is -0.382. The Morgan fingerprint density at radius 3 is 2.42 bits per heavy atom. The highest BCUT2D eigenvalue weighted by atomic mass is 16.5. The molecule has 0 spiro atoms. The molecule has 2 unspecified atom stereocenters. The summed E-state index contributed by atoms with van der Waals surface area (Å²) in [4.78, 5) is 23.1. The van der Waals surface area contributed by atoms with E-state index in [0.717, 1.165) is 25.7 Å². The molecule has 2 aliphatic carbocycles. The molecule has 1 amide bonds. The van der Waals surface area contributed by atoms with Crippen molar-refractivity contribution < 1.29 is 19.1 Å². The fourth-order valence-electron chi connectivity index (χ4n) is 3.29. The van der Waals surface area contributed by atoms with Crippen molar-refractivity contribution in [2.75, 3.05) is 26.4 Å². The van der Waals surface area contributed by atoms with E-state index in [0.29, 0.717) is 50.5 Å². The van der Waals surface area contributed by atoms with Gasteiger partial charge in [-0.15, -0.1) is 11.8 Å². The molecule has 2 rings (SSSR count). The molecule has 5 heteroatoms. The van der Waals surface area contributed by atoms with Crippen LogP contribution in [0.5, 0.6) is 0 Å². The van der Waals surface area contributed by atoms with Gasteiger partial charge in [0.2, 0.25) is 0 Å². The molecule has 0 aromatic carbocycles. The Labute approximate surface area is 144 Å². The Kier molecular flexibility index (Phi) is 7.58. The molecule has 0 radical (unpaired) electrons. The van der Waals surface area contributed by atoms with E-state index in [4.69, 9.17) is 9.47 Å². The van der Waals surface area contributed by atoms with Gasteiger partial charge in [0.05, 0.1) is 19.8 Å². The minimum Gasteiger partial charge on any atom is -0.449 e. The zero-order chi connectivity index (χ0) is 17.4. The van der Waals surface area contributed by atoms with E-state index in [1.165, 1.54) is 0 Å². The topological polar surface area (TPSA) is 64.6 Å². The Hall–Kier alpha value is -1.54. The number of ketones is 1. The molecule has 5 nitrogen and oxygen atoms in total. The van der Waals surface area contributed by atoms with Gasteiger partial charge in [0.1, 0.15) is 5.78 Å². The second-order valence-corrected chi connectivity index (χ2v) is 6.93. The van der Waals surface area contributed by atoms with Crippen molar-refractivity contribution in [3.05, 3.63) is 0 Å². The van der Waals surface area contributed by atoms with Crippen LogP contribution in [0.3, 0.4) is 0 Å². The van der Waals surface area contributed by atoms with Crippen molar-refractivity contribution in [3.63, 3.8) is 0 Å². The lowest BCUT2D eigenvalue weighted by Gasteiger charge is -2.08. The smallest absolute Gasteiger partial charge is 0.407 e. The maximum absolute atomic E-state index is 11.7. The molecule has 0 aromatic heterocycles. The highest BCUT2D eigenvalue weighted by Crippen LogP contribution is 2.52. The molecule has 0 saturated heterocycles. The number of rotatable bonds is 9. The first-order chi connectivity index (χ1) is 11.6. The van der Waals surface area contributed by atoms with Crippen molar-refractivity contribution in [2.45, 2.75) is 46.0 Å². The summed E-state index contributed by atoms with van der Waals surface area (Å²) in [5.74, 6) is 8.50. The molecular formula is C19H29NO4. The van der Waals surface area contributed by atoms with E-state index in [-0.39, 0.29) is 17.8 Å². The Balaban J connectivity index is 1.47. The van der Waals surface area contributed by atoms with Gasteiger partial charge in [0, 0.05) is 31.7 Å². The number of hydrogen-bond acceptors (Lipinski definition) is 4. The number of amides is 1. The first-order valence-electron chi connectivity index (χ1n) is 9.06. The summed E-state index contributed by atoms with van der Waals surface area (Å²) >= 11 is 0. The number of ether oxygens (including phenoxy) is 2. The summed E-state index contributed by atoms with van der Waals surface area (Å²) in [7, 11) is 0. The van der Waals surface area contributed by atoms with Crippen LogP contribution in [0.2, 0.25) is 0 Å². The number of fused-ring (bicyclic) bond motifs is 1. The predicted molar refractivity (Wildman–Crippen MR) is 91.3 cm³/mol. The third-order valence-electron chi connectivity index (χ3n) is 4.90. The molecule has 134 valence electrons. The first-order valence-corrected chi connectivity index (χ1v) is 9.06. The minimum absolute atomic E-state index is 0.0491. The van der Waals surface area contributed by atoms with Crippen LogP contribution in [0.4, 0.5) is 4.79 Å². The molecule has 1 fully saturated rings. The number of alkyl carbamates (subject to hydrolysis) is 1. The first kappa shape index (κ1) is 18.8. The van der Waals surface area contributed by atoms with Gasteiger partial charge < -0.3 is 14.8 Å². The summed E-state index contributed by atoms with van der Waals surface area (Å²) in [6, 6.07) is 0. The predicted octanol–water partition coefficient (Wildman–Crippen LogP) is 2.78. The zero-order valence-corrected chi connectivity index (χ0v) is 14.8. The standard InChI is InChI=1S/C19H29NO4/c1-14(2)18(21)9-11-23-12-10-20-19(22)24-13-17-15-7-5-3-4-6-8-16(15)17/h14-17H,5-13H2,1-2H3,(H,20,22). The van der Waals surface area contributed by atoms with Gasteiger partial charge >= 0.3 is 6.09 Å². The van der Waals surface area contributed by atoms with E-state index in [2.05, 4.69) is 17.2 Å². The number of hydrogen-bond donors (Lipinski definition) is 1. The van der Waals surface area contributed by atoms with Crippen molar-refractivity contribution in [3.8, 4) is 11.8 Å². The zero-order valence-electron chi connectivity index (χ0n) is 14.8. The van der Waals surface area contributed by atoms with Crippen LogP contribution >= 0.6 is 0 Å². The fraction of sp³-hybridized carbons (Fsp3) is 0.789. The third-order valence-corrected chi connectivity index (χ3v) is 4.90. The van der Waals surface area contributed by atoms with Crippen LogP contribution in [0.15, 0.2) is 0 Å². The monoisotopic (exact) mass is 335 g/mol. The van der Waals surface area contributed by atoms with Crippen LogP contribution < -0.4 is 5.32 Å². The molecule has 2 aliphatic rings. The SMILES string of the molecule is CC(C)C(=O)CCOCCNC(=O)OCC1C2CCC#CCCC21. The maximum atomic E-state index is 11.7. The molecule has 0 aliphatic heterocycles. The second-order valence-electron chi connectivity index (χ2n) is 6.93. The lowest BCUT2D eigenvalue weighted by molar-refractivity contribution is -0.122. The Bertz CT molecular complexity index is 473. The molecule has 1 saturated carbocycles. The summed E-state index contributed by atoms with van der Waals surface area (Å²) in [6.45, 7) is 5.47. The highest BCUT2D eigenvalue weighted by Gasteiger charge is 2.49. The van der Waals surface area contributed by atoms with Gasteiger partial charge in [0.15, 0.2) is 0 Å². The van der Waals surface area contributed by atoms with Crippen LogP contribution in [0.25, 0.3) is 0 Å². The molecule has 0 heterocycles. The van der Waals surface area contributed by atoms with Gasteiger partial charge in [-0.25, -0.2) is 4.79 Å². The van der Waals surface area contributed by atoms with Crippen LogP contribution in [0.1, 0.15) is 46.0 Å². The van der Waals surface area contributed by atoms with Crippen molar-refractivity contribution >= 4 is 11.9 Å². The average Bonchev–Trinajstić information content (AvgIpc) is 3.17. The number of Topliss-reactive ketones (excluding diaryl/α,β-unsaturated/α-hetero) is 1. The maximum Gasteiger partial charge on any atom is 0.407 e. The van der Waals surface area contributed by atoms with Gasteiger partial charge in [-0.3, -0.25) is 4.79 Å². The van der Waals surface area contributed by atoms with Crippen LogP contribution in [-0.4, -0.2) is 38.2 Å². The molecule has 24 heavy (non-hydrogen) atoms. The normalized spacial score (nSPS) is 24.9. The van der Waals surface area contributed by atoms with Gasteiger partial charge in [-0.2, -0.15) is 0 Å². The average molecular weight is 335 g/mol. The van der Waals surface area contributed by atoms with Gasteiger partial charge in [-0.1, -0.05) is 13.8 Å². The Morgan fingerprint density at radius 2 is 1.79 bits per heavy atom. The van der Waals surface area contributed by atoms with Crippen molar-refractivity contribution in [1.82, 2.24) is 5.32 Å². The summed E-state index contributed by atoms with van der Waals surface area (Å²) in [5.41, 5.74) is 0. The second kappa shape index (κ2) is 9.68. The fourth-order valence-corrected chi connectivity index (χ4v) is 3.29. The van der Waals surface area contributed by atoms with E-state index < -0.39 is 0 Å². The lowest BCUT2D eigenvalue weighted by atomic mass is 10.1. The van der Waals surface area contributed by atoms with Gasteiger partial charge in [0.25, 0.3) is 0 Å². The van der Waals surface area contributed by atoms with E-state index in [1.807, 2.05) is 13.8 Å². The molecule has 0 aromatic rings. The summed E-state index contributed by atoms with van der Waals surface area (Å²) in [5, 5.41) is 2.69. The molecule has 0 bridgehead atoms. The Morgan fingerprint density at radius 1 is 1.12 bits per heavy atom. The lowest BCUT2D eigenvalue weighted by Crippen LogP contribution is -2.29. The van der Waals surface area contributed by atoms with Gasteiger partial charge in [-0.05, 0) is 30.6 Å². The number of carbonyl (C=O) groups is 2. The largest absolute Gasteiger partial charge is 0.449 e. The molecule has 2 atom stereocenters. The van der Waals surface area contributed by atoms with Crippen LogP contribution in [-0.2, 0) is 14.3 Å². The van der Waals surface area contributed by atoms with E-state index in [1.54, 1.807) is 0 Å². The van der Waals surface area contributed by atoms with Crippen molar-refractivity contribution in [2.24, 2.45) is 23.7 Å². The van der Waals surface area contributed by atoms with E-state index >= 15 is 0 Å². The van der Waals surface area contributed by atoms with E-state index in [9.17, 15) is 9.59 Å². The third kappa shape index (κ3) is 6.16. The molecule has 1 N–H and O–H groups in total. The number of nitrogens with one attached hydrogen (secondary N) is 1. The highest BCUT2D eigenvalue weighted by molar-refractivity contribution is 5.80. The summed E-state index contributed by atoms with van der Waals surface area (Å²) in [6.07, 6.45) is 4.26.